The number of carbonyl (C=O) groups is 1. The SMILES string of the molecule is CC(=O)N=C(c1ccsc1)c1c(C(F)(F)F)oc2ccccc12. The number of thiophene rings is 1. The van der Waals surface area contributed by atoms with Crippen molar-refractivity contribution in [1.29, 1.82) is 0 Å². The van der Waals surface area contributed by atoms with Crippen LogP contribution in [-0.4, -0.2) is 11.6 Å². The van der Waals surface area contributed by atoms with E-state index in [4.69, 9.17) is 4.42 Å². The van der Waals surface area contributed by atoms with Gasteiger partial charge in [0.05, 0.1) is 11.3 Å². The zero-order valence-corrected chi connectivity index (χ0v) is 12.7. The van der Waals surface area contributed by atoms with Gasteiger partial charge in [-0.3, -0.25) is 4.79 Å². The lowest BCUT2D eigenvalue weighted by Crippen LogP contribution is -2.13. The zero-order valence-electron chi connectivity index (χ0n) is 11.8. The molecule has 0 aliphatic rings. The maximum atomic E-state index is 13.4. The first-order valence-electron chi connectivity index (χ1n) is 6.59. The molecule has 0 fully saturated rings. The Kier molecular flexibility index (Phi) is 3.81. The fourth-order valence-corrected chi connectivity index (χ4v) is 2.94. The average Bonchev–Trinajstić information content (AvgIpc) is 3.11. The Morgan fingerprint density at radius 2 is 1.96 bits per heavy atom. The van der Waals surface area contributed by atoms with Crippen molar-refractivity contribution in [1.82, 2.24) is 0 Å². The summed E-state index contributed by atoms with van der Waals surface area (Å²) in [7, 11) is 0. The Morgan fingerprint density at radius 3 is 2.57 bits per heavy atom. The molecule has 1 amide bonds. The van der Waals surface area contributed by atoms with Crippen LogP contribution in [0, 0.1) is 0 Å². The summed E-state index contributed by atoms with van der Waals surface area (Å²) in [5.74, 6) is -1.73. The fraction of sp³-hybridized carbons (Fsp3) is 0.125. The highest BCUT2D eigenvalue weighted by molar-refractivity contribution is 7.08. The number of halogens is 3. The third-order valence-electron chi connectivity index (χ3n) is 3.15. The standard InChI is InChI=1S/C16H10F3NO2S/c1-9(21)20-14(10-6-7-23-8-10)13-11-4-2-3-5-12(11)22-15(13)16(17,18)19/h2-8H,1H3. The maximum absolute atomic E-state index is 13.4. The summed E-state index contributed by atoms with van der Waals surface area (Å²) in [6.45, 7) is 1.20. The van der Waals surface area contributed by atoms with Crippen LogP contribution in [0.1, 0.15) is 23.8 Å². The van der Waals surface area contributed by atoms with E-state index in [-0.39, 0.29) is 22.2 Å². The minimum absolute atomic E-state index is 0.0315. The summed E-state index contributed by atoms with van der Waals surface area (Å²) in [6.07, 6.45) is -4.69. The van der Waals surface area contributed by atoms with Crippen LogP contribution in [0.2, 0.25) is 0 Å². The molecule has 3 rings (SSSR count). The van der Waals surface area contributed by atoms with Crippen molar-refractivity contribution in [3.63, 3.8) is 0 Å². The Bertz CT molecular complexity index is 892. The van der Waals surface area contributed by atoms with E-state index in [9.17, 15) is 18.0 Å². The Morgan fingerprint density at radius 1 is 1.22 bits per heavy atom. The molecule has 118 valence electrons. The highest BCUT2D eigenvalue weighted by Gasteiger charge is 2.40. The van der Waals surface area contributed by atoms with E-state index in [0.717, 1.165) is 0 Å². The van der Waals surface area contributed by atoms with E-state index >= 15 is 0 Å². The molecule has 0 aliphatic heterocycles. The number of hydrogen-bond donors (Lipinski definition) is 0. The van der Waals surface area contributed by atoms with Crippen LogP contribution in [0.4, 0.5) is 13.2 Å². The van der Waals surface area contributed by atoms with Crippen LogP contribution in [0.5, 0.6) is 0 Å². The number of benzene rings is 1. The summed E-state index contributed by atoms with van der Waals surface area (Å²) in [4.78, 5) is 15.3. The topological polar surface area (TPSA) is 42.6 Å². The van der Waals surface area contributed by atoms with Crippen LogP contribution in [0.3, 0.4) is 0 Å². The second kappa shape index (κ2) is 5.66. The number of carbonyl (C=O) groups excluding carboxylic acids is 1. The van der Waals surface area contributed by atoms with Gasteiger partial charge in [0.25, 0.3) is 0 Å². The summed E-state index contributed by atoms with van der Waals surface area (Å²) in [5, 5.41) is 3.62. The molecule has 1 aromatic carbocycles. The Hall–Kier alpha value is -2.41. The van der Waals surface area contributed by atoms with Gasteiger partial charge < -0.3 is 4.42 Å². The van der Waals surface area contributed by atoms with Crippen LogP contribution in [-0.2, 0) is 11.0 Å². The molecule has 0 saturated heterocycles. The van der Waals surface area contributed by atoms with Crippen LogP contribution >= 0.6 is 11.3 Å². The lowest BCUT2D eigenvalue weighted by molar-refractivity contribution is -0.152. The lowest BCUT2D eigenvalue weighted by atomic mass is 10.0. The quantitative estimate of drug-likeness (QED) is 0.624. The van der Waals surface area contributed by atoms with Crippen LogP contribution in [0.15, 0.2) is 50.5 Å². The largest absolute Gasteiger partial charge is 0.451 e. The van der Waals surface area contributed by atoms with Gasteiger partial charge in [0.15, 0.2) is 0 Å². The van der Waals surface area contributed by atoms with E-state index < -0.39 is 17.8 Å². The number of aliphatic imine (C=N–C) groups is 1. The van der Waals surface area contributed by atoms with E-state index in [1.807, 2.05) is 0 Å². The number of para-hydroxylation sites is 1. The zero-order chi connectivity index (χ0) is 16.6. The number of amides is 1. The number of hydrogen-bond acceptors (Lipinski definition) is 3. The summed E-state index contributed by atoms with van der Waals surface area (Å²) < 4.78 is 45.2. The smallest absolute Gasteiger partial charge is 0.450 e. The first kappa shape index (κ1) is 15.5. The molecular weight excluding hydrogens is 327 g/mol. The lowest BCUT2D eigenvalue weighted by Gasteiger charge is -2.08. The van der Waals surface area contributed by atoms with Gasteiger partial charge in [-0.25, -0.2) is 4.99 Å². The second-order valence-corrected chi connectivity index (χ2v) is 5.57. The van der Waals surface area contributed by atoms with Crippen molar-refractivity contribution in [2.75, 3.05) is 0 Å². The number of fused-ring (bicyclic) bond motifs is 1. The van der Waals surface area contributed by atoms with Crippen LogP contribution in [0.25, 0.3) is 11.0 Å². The highest BCUT2D eigenvalue weighted by Crippen LogP contribution is 2.39. The van der Waals surface area contributed by atoms with Gasteiger partial charge >= 0.3 is 6.18 Å². The average molecular weight is 337 g/mol. The van der Waals surface area contributed by atoms with Crippen molar-refractivity contribution in [3.8, 4) is 0 Å². The van der Waals surface area contributed by atoms with Crippen molar-refractivity contribution in [2.45, 2.75) is 13.1 Å². The van der Waals surface area contributed by atoms with Gasteiger partial charge in [0.1, 0.15) is 5.58 Å². The first-order valence-corrected chi connectivity index (χ1v) is 7.53. The summed E-state index contributed by atoms with van der Waals surface area (Å²) >= 11 is 1.31. The van der Waals surface area contributed by atoms with Crippen molar-refractivity contribution < 1.29 is 22.4 Å². The second-order valence-electron chi connectivity index (χ2n) is 4.79. The van der Waals surface area contributed by atoms with Gasteiger partial charge in [-0.1, -0.05) is 18.2 Å². The minimum Gasteiger partial charge on any atom is -0.451 e. The van der Waals surface area contributed by atoms with Crippen LogP contribution < -0.4 is 0 Å². The van der Waals surface area contributed by atoms with Gasteiger partial charge in [-0.15, -0.1) is 0 Å². The summed E-state index contributed by atoms with van der Waals surface area (Å²) in [6, 6.07) is 7.79. The predicted molar refractivity (Wildman–Crippen MR) is 81.9 cm³/mol. The van der Waals surface area contributed by atoms with E-state index in [1.165, 1.54) is 30.4 Å². The molecule has 0 spiro atoms. The fourth-order valence-electron chi connectivity index (χ4n) is 2.30. The highest BCUT2D eigenvalue weighted by atomic mass is 32.1. The van der Waals surface area contributed by atoms with Gasteiger partial charge in [-0.2, -0.15) is 24.5 Å². The van der Waals surface area contributed by atoms with Crippen molar-refractivity contribution >= 4 is 33.9 Å². The third kappa shape index (κ3) is 2.92. The molecule has 2 heterocycles. The summed E-state index contributed by atoms with van der Waals surface area (Å²) in [5.41, 5.74) is 0.307. The Labute approximate surface area is 133 Å². The van der Waals surface area contributed by atoms with E-state index in [2.05, 4.69) is 4.99 Å². The molecule has 0 bridgehead atoms. The molecule has 0 atom stereocenters. The first-order chi connectivity index (χ1) is 10.9. The molecule has 23 heavy (non-hydrogen) atoms. The minimum atomic E-state index is -4.69. The molecule has 0 saturated carbocycles. The number of nitrogens with zero attached hydrogens (tertiary/aromatic N) is 1. The van der Waals surface area contributed by atoms with E-state index in [0.29, 0.717) is 5.56 Å². The Balaban J connectivity index is 2.38. The third-order valence-corrected chi connectivity index (χ3v) is 3.84. The molecule has 3 aromatic rings. The van der Waals surface area contributed by atoms with Crippen molar-refractivity contribution in [2.24, 2.45) is 4.99 Å². The molecular formula is C16H10F3NO2S. The van der Waals surface area contributed by atoms with Gasteiger partial charge in [0.2, 0.25) is 11.7 Å². The predicted octanol–water partition coefficient (Wildman–Crippen LogP) is 4.90. The number of alkyl halides is 3. The maximum Gasteiger partial charge on any atom is 0.450 e. The molecule has 7 heteroatoms. The number of furan rings is 1. The van der Waals surface area contributed by atoms with E-state index in [1.54, 1.807) is 29.0 Å². The molecule has 0 radical (unpaired) electrons. The molecule has 0 unspecified atom stereocenters. The molecule has 0 N–H and O–H groups in total. The normalized spacial score (nSPS) is 12.8. The van der Waals surface area contributed by atoms with Gasteiger partial charge in [0, 0.05) is 23.3 Å². The van der Waals surface area contributed by atoms with Gasteiger partial charge in [-0.05, 0) is 17.5 Å². The van der Waals surface area contributed by atoms with Crippen molar-refractivity contribution in [3.05, 3.63) is 58.0 Å². The number of rotatable bonds is 2. The molecule has 0 aliphatic carbocycles. The molecule has 2 aromatic heterocycles. The molecule has 3 nitrogen and oxygen atoms in total. The monoisotopic (exact) mass is 337 g/mol.